The van der Waals surface area contributed by atoms with Crippen LogP contribution in [-0.2, 0) is 7.05 Å². The molecule has 0 aliphatic rings. The van der Waals surface area contributed by atoms with E-state index >= 15 is 0 Å². The zero-order valence-electron chi connectivity index (χ0n) is 8.27. The summed E-state index contributed by atoms with van der Waals surface area (Å²) in [6, 6.07) is 1.83. The zero-order chi connectivity index (χ0) is 11.0. The van der Waals surface area contributed by atoms with Crippen molar-refractivity contribution in [2.75, 3.05) is 5.73 Å². The van der Waals surface area contributed by atoms with Gasteiger partial charge in [0.15, 0.2) is 4.60 Å². The monoisotopic (exact) mass is 268 g/mol. The molecule has 0 saturated heterocycles. The second-order valence-electron chi connectivity index (χ2n) is 3.11. The molecular weight excluding hydrogens is 260 g/mol. The lowest BCUT2D eigenvalue weighted by molar-refractivity contribution is 0.718. The van der Waals surface area contributed by atoms with E-state index in [9.17, 15) is 0 Å². The van der Waals surface area contributed by atoms with Crippen molar-refractivity contribution in [3.05, 3.63) is 16.4 Å². The summed E-state index contributed by atoms with van der Waals surface area (Å²) in [6.45, 7) is 1.86. The molecular formula is C8H9BrN6. The van der Waals surface area contributed by atoms with Crippen LogP contribution in [0.15, 0.2) is 10.7 Å². The van der Waals surface area contributed by atoms with Gasteiger partial charge in [0, 0.05) is 12.7 Å². The number of aromatic nitrogens is 5. The Morgan fingerprint density at radius 2 is 2.13 bits per heavy atom. The summed E-state index contributed by atoms with van der Waals surface area (Å²) in [5.41, 5.74) is 7.88. The summed E-state index contributed by atoms with van der Waals surface area (Å²) < 4.78 is 2.27. The van der Waals surface area contributed by atoms with E-state index in [0.29, 0.717) is 10.3 Å². The fourth-order valence-corrected chi connectivity index (χ4v) is 1.85. The molecule has 0 aromatic carbocycles. The normalized spacial score (nSPS) is 10.6. The van der Waals surface area contributed by atoms with Crippen molar-refractivity contribution in [1.29, 1.82) is 0 Å². The number of nitrogens with zero attached hydrogens (tertiary/aromatic N) is 5. The van der Waals surface area contributed by atoms with Crippen molar-refractivity contribution in [2.24, 2.45) is 7.05 Å². The molecule has 0 spiro atoms. The van der Waals surface area contributed by atoms with E-state index in [1.807, 2.05) is 13.0 Å². The Bertz CT molecular complexity index is 466. The molecule has 2 N–H and O–H groups in total. The second-order valence-corrected chi connectivity index (χ2v) is 3.86. The van der Waals surface area contributed by atoms with Gasteiger partial charge in [-0.25, -0.2) is 14.6 Å². The Balaban J connectivity index is 2.63. The highest BCUT2D eigenvalue weighted by Gasteiger charge is 2.12. The molecule has 15 heavy (non-hydrogen) atoms. The summed E-state index contributed by atoms with van der Waals surface area (Å²) in [7, 11) is 1.79. The Morgan fingerprint density at radius 1 is 1.40 bits per heavy atom. The van der Waals surface area contributed by atoms with Crippen molar-refractivity contribution in [2.45, 2.75) is 6.92 Å². The van der Waals surface area contributed by atoms with Gasteiger partial charge in [0.1, 0.15) is 5.69 Å². The van der Waals surface area contributed by atoms with Gasteiger partial charge in [-0.2, -0.15) is 0 Å². The van der Waals surface area contributed by atoms with Gasteiger partial charge in [0.05, 0.1) is 5.69 Å². The quantitative estimate of drug-likeness (QED) is 0.832. The number of halogens is 1. The smallest absolute Gasteiger partial charge is 0.220 e. The molecule has 0 aliphatic heterocycles. The van der Waals surface area contributed by atoms with E-state index in [0.717, 1.165) is 11.4 Å². The Morgan fingerprint density at radius 3 is 2.67 bits per heavy atom. The standard InChI is InChI=1S/C8H9BrN6/c1-4-3-5(12-8(10)11-4)6-7(9)13-14-15(6)2/h3H,1-2H3,(H2,10,11,12). The fraction of sp³-hybridized carbons (Fsp3) is 0.250. The first-order valence-electron chi connectivity index (χ1n) is 4.24. The van der Waals surface area contributed by atoms with Crippen LogP contribution in [0.25, 0.3) is 11.4 Å². The molecule has 7 heteroatoms. The fourth-order valence-electron chi connectivity index (χ4n) is 1.32. The van der Waals surface area contributed by atoms with Gasteiger partial charge in [0.2, 0.25) is 5.95 Å². The van der Waals surface area contributed by atoms with Crippen LogP contribution in [0, 0.1) is 6.92 Å². The van der Waals surface area contributed by atoms with Crippen molar-refractivity contribution < 1.29 is 0 Å². The van der Waals surface area contributed by atoms with Crippen LogP contribution in [0.5, 0.6) is 0 Å². The average Bonchev–Trinajstić information content (AvgIpc) is 2.44. The van der Waals surface area contributed by atoms with Gasteiger partial charge in [-0.3, -0.25) is 0 Å². The zero-order valence-corrected chi connectivity index (χ0v) is 9.85. The van der Waals surface area contributed by atoms with E-state index in [-0.39, 0.29) is 5.95 Å². The molecule has 0 fully saturated rings. The average molecular weight is 269 g/mol. The molecule has 2 aromatic heterocycles. The SMILES string of the molecule is Cc1cc(-c2c(Br)nnn2C)nc(N)n1. The van der Waals surface area contributed by atoms with E-state index in [4.69, 9.17) is 5.73 Å². The van der Waals surface area contributed by atoms with Crippen LogP contribution in [-0.4, -0.2) is 25.0 Å². The van der Waals surface area contributed by atoms with Crippen LogP contribution in [0.4, 0.5) is 5.95 Å². The molecule has 78 valence electrons. The predicted molar refractivity (Wildman–Crippen MR) is 58.9 cm³/mol. The maximum Gasteiger partial charge on any atom is 0.220 e. The maximum absolute atomic E-state index is 5.58. The lowest BCUT2D eigenvalue weighted by Gasteiger charge is -2.03. The minimum absolute atomic E-state index is 0.248. The Kier molecular flexibility index (Phi) is 2.39. The van der Waals surface area contributed by atoms with E-state index < -0.39 is 0 Å². The van der Waals surface area contributed by atoms with E-state index in [2.05, 4.69) is 36.2 Å². The third-order valence-electron chi connectivity index (χ3n) is 1.90. The van der Waals surface area contributed by atoms with Crippen LogP contribution < -0.4 is 5.73 Å². The summed E-state index contributed by atoms with van der Waals surface area (Å²) >= 11 is 3.31. The first kappa shape index (κ1) is 10.0. The number of aryl methyl sites for hydroxylation is 2. The van der Waals surface area contributed by atoms with Crippen molar-refractivity contribution in [1.82, 2.24) is 25.0 Å². The third-order valence-corrected chi connectivity index (χ3v) is 2.43. The Labute approximate surface area is 94.7 Å². The second kappa shape index (κ2) is 3.58. The van der Waals surface area contributed by atoms with Crippen LogP contribution in [0.1, 0.15) is 5.69 Å². The molecule has 0 atom stereocenters. The minimum atomic E-state index is 0.248. The molecule has 2 rings (SSSR count). The van der Waals surface area contributed by atoms with Crippen LogP contribution >= 0.6 is 15.9 Å². The van der Waals surface area contributed by atoms with Crippen molar-refractivity contribution in [3.8, 4) is 11.4 Å². The molecule has 2 aromatic rings. The number of nitrogens with two attached hydrogens (primary N) is 1. The van der Waals surface area contributed by atoms with Gasteiger partial charge in [-0.15, -0.1) is 5.10 Å². The maximum atomic E-state index is 5.58. The van der Waals surface area contributed by atoms with Crippen molar-refractivity contribution in [3.63, 3.8) is 0 Å². The molecule has 0 radical (unpaired) electrons. The minimum Gasteiger partial charge on any atom is -0.368 e. The molecule has 0 saturated carbocycles. The largest absolute Gasteiger partial charge is 0.368 e. The number of rotatable bonds is 1. The number of hydrogen-bond donors (Lipinski definition) is 1. The highest BCUT2D eigenvalue weighted by Crippen LogP contribution is 2.24. The highest BCUT2D eigenvalue weighted by atomic mass is 79.9. The van der Waals surface area contributed by atoms with Gasteiger partial charge in [0.25, 0.3) is 0 Å². The molecule has 0 amide bonds. The number of anilines is 1. The summed E-state index contributed by atoms with van der Waals surface area (Å²) in [5.74, 6) is 0.248. The van der Waals surface area contributed by atoms with Gasteiger partial charge >= 0.3 is 0 Å². The summed E-state index contributed by atoms with van der Waals surface area (Å²) in [6.07, 6.45) is 0. The van der Waals surface area contributed by atoms with Gasteiger partial charge in [-0.05, 0) is 28.9 Å². The van der Waals surface area contributed by atoms with E-state index in [1.165, 1.54) is 0 Å². The molecule has 2 heterocycles. The molecule has 6 nitrogen and oxygen atoms in total. The topological polar surface area (TPSA) is 82.5 Å². The van der Waals surface area contributed by atoms with Crippen LogP contribution in [0.3, 0.4) is 0 Å². The molecule has 0 bridgehead atoms. The number of hydrogen-bond acceptors (Lipinski definition) is 5. The van der Waals surface area contributed by atoms with Gasteiger partial charge < -0.3 is 5.73 Å². The first-order chi connectivity index (χ1) is 7.08. The third kappa shape index (κ3) is 1.82. The summed E-state index contributed by atoms with van der Waals surface area (Å²) in [5, 5.41) is 7.75. The van der Waals surface area contributed by atoms with Crippen LogP contribution in [0.2, 0.25) is 0 Å². The number of nitrogen functional groups attached to an aromatic ring is 1. The van der Waals surface area contributed by atoms with E-state index in [1.54, 1.807) is 11.7 Å². The summed E-state index contributed by atoms with van der Waals surface area (Å²) in [4.78, 5) is 8.14. The van der Waals surface area contributed by atoms with Crippen molar-refractivity contribution >= 4 is 21.9 Å². The van der Waals surface area contributed by atoms with Gasteiger partial charge in [-0.1, -0.05) is 5.21 Å². The Hall–Kier alpha value is -1.50. The lowest BCUT2D eigenvalue weighted by atomic mass is 10.3. The first-order valence-corrected chi connectivity index (χ1v) is 5.04. The molecule has 0 unspecified atom stereocenters. The predicted octanol–water partition coefficient (Wildman–Crippen LogP) is 0.925. The molecule has 0 aliphatic carbocycles. The lowest BCUT2D eigenvalue weighted by Crippen LogP contribution is -2.01. The highest BCUT2D eigenvalue weighted by molar-refractivity contribution is 9.10.